The first-order chi connectivity index (χ1) is 14.7. The van der Waals surface area contributed by atoms with Crippen LogP contribution in [0.3, 0.4) is 0 Å². The van der Waals surface area contributed by atoms with Gasteiger partial charge in [0.1, 0.15) is 17.0 Å². The number of hydrogen-bond acceptors (Lipinski definition) is 5. The number of benzene rings is 2. The number of aromatic nitrogens is 3. The molecule has 4 aromatic rings. The van der Waals surface area contributed by atoms with Crippen molar-refractivity contribution < 1.29 is 4.39 Å². The highest BCUT2D eigenvalue weighted by atomic mass is 35.5. The molecule has 31 heavy (non-hydrogen) atoms. The maximum Gasteiger partial charge on any atom is 0.225 e. The van der Waals surface area contributed by atoms with E-state index in [1.54, 1.807) is 18.3 Å². The van der Waals surface area contributed by atoms with E-state index in [0.717, 1.165) is 10.8 Å². The third-order valence-corrected chi connectivity index (χ3v) is 6.15. The van der Waals surface area contributed by atoms with Crippen LogP contribution in [0.2, 0.25) is 10.3 Å². The normalized spacial score (nSPS) is 12.1. The lowest BCUT2D eigenvalue weighted by atomic mass is 10.0. The van der Waals surface area contributed by atoms with Crippen LogP contribution in [0.4, 0.5) is 10.2 Å². The minimum Gasteiger partial charge on any atom is -0.368 e. The van der Waals surface area contributed by atoms with Crippen LogP contribution in [0, 0.1) is 5.82 Å². The number of fused-ring (bicyclic) bond motifs is 2. The standard InChI is InChI=1S/C23H22Cl2FN5/c1-23(2,31(3)4)12-28-21-15-11-27-19(18(26)20(15)29-22(25)30-21)14-9-5-7-13-8-6-10-16(24)17(13)14/h5-11H,12H2,1-4H3,(H,28,29,30). The summed E-state index contributed by atoms with van der Waals surface area (Å²) >= 11 is 12.6. The molecule has 2 aromatic heterocycles. The molecule has 0 saturated heterocycles. The second-order valence-corrected chi connectivity index (χ2v) is 8.97. The zero-order valence-corrected chi connectivity index (χ0v) is 19.2. The molecule has 0 amide bonds. The van der Waals surface area contributed by atoms with E-state index in [1.807, 2.05) is 38.4 Å². The number of nitrogens with one attached hydrogen (secondary N) is 1. The van der Waals surface area contributed by atoms with Crippen LogP contribution in [0.25, 0.3) is 32.9 Å². The monoisotopic (exact) mass is 457 g/mol. The van der Waals surface area contributed by atoms with Gasteiger partial charge >= 0.3 is 0 Å². The molecule has 0 fully saturated rings. The van der Waals surface area contributed by atoms with Gasteiger partial charge in [-0.25, -0.2) is 14.4 Å². The molecule has 0 unspecified atom stereocenters. The van der Waals surface area contributed by atoms with Gasteiger partial charge in [0.05, 0.1) is 5.39 Å². The summed E-state index contributed by atoms with van der Waals surface area (Å²) in [5.74, 6) is -0.122. The lowest BCUT2D eigenvalue weighted by molar-refractivity contribution is 0.210. The molecule has 2 heterocycles. The lowest BCUT2D eigenvalue weighted by Gasteiger charge is -2.32. The average Bonchev–Trinajstić information content (AvgIpc) is 2.72. The van der Waals surface area contributed by atoms with Crippen molar-refractivity contribution in [2.24, 2.45) is 0 Å². The molecule has 0 spiro atoms. The molecule has 4 rings (SSSR count). The van der Waals surface area contributed by atoms with Crippen LogP contribution in [0.15, 0.2) is 42.6 Å². The molecule has 0 aliphatic rings. The quantitative estimate of drug-likeness (QED) is 0.370. The summed E-state index contributed by atoms with van der Waals surface area (Å²) in [6.45, 7) is 4.75. The fourth-order valence-electron chi connectivity index (χ4n) is 3.30. The molecule has 0 aliphatic carbocycles. The van der Waals surface area contributed by atoms with Crippen molar-refractivity contribution in [1.29, 1.82) is 0 Å². The molecule has 0 atom stereocenters. The van der Waals surface area contributed by atoms with Crippen LogP contribution >= 0.6 is 23.2 Å². The average molecular weight is 458 g/mol. The third kappa shape index (κ3) is 4.03. The van der Waals surface area contributed by atoms with E-state index < -0.39 is 5.82 Å². The van der Waals surface area contributed by atoms with Crippen molar-refractivity contribution in [3.8, 4) is 11.3 Å². The maximum absolute atomic E-state index is 15.7. The first kappa shape index (κ1) is 21.7. The van der Waals surface area contributed by atoms with Crippen molar-refractivity contribution in [2.45, 2.75) is 19.4 Å². The lowest BCUT2D eigenvalue weighted by Crippen LogP contribution is -2.44. The van der Waals surface area contributed by atoms with Gasteiger partial charge in [-0.15, -0.1) is 0 Å². The molecule has 8 heteroatoms. The SMILES string of the molecule is CN(C)C(C)(C)CNc1nc(Cl)nc2c(F)c(-c3cccc4cccc(Cl)c34)ncc12. The van der Waals surface area contributed by atoms with Crippen LogP contribution in [-0.2, 0) is 0 Å². The molecule has 0 radical (unpaired) electrons. The van der Waals surface area contributed by atoms with Gasteiger partial charge in [-0.3, -0.25) is 4.98 Å². The Morgan fingerprint density at radius 3 is 2.48 bits per heavy atom. The van der Waals surface area contributed by atoms with Gasteiger partial charge in [-0.05, 0) is 51.0 Å². The van der Waals surface area contributed by atoms with Gasteiger partial charge in [0.2, 0.25) is 5.28 Å². The summed E-state index contributed by atoms with van der Waals surface area (Å²) in [5.41, 5.74) is 0.718. The number of anilines is 1. The predicted molar refractivity (Wildman–Crippen MR) is 127 cm³/mol. The summed E-state index contributed by atoms with van der Waals surface area (Å²) in [6, 6.07) is 11.1. The van der Waals surface area contributed by atoms with Gasteiger partial charge < -0.3 is 10.2 Å². The van der Waals surface area contributed by atoms with Gasteiger partial charge in [-0.2, -0.15) is 0 Å². The Morgan fingerprint density at radius 1 is 1.06 bits per heavy atom. The summed E-state index contributed by atoms with van der Waals surface area (Å²) in [5, 5.41) is 5.87. The molecule has 0 aliphatic heterocycles. The molecule has 160 valence electrons. The largest absolute Gasteiger partial charge is 0.368 e. The Balaban J connectivity index is 1.86. The zero-order valence-electron chi connectivity index (χ0n) is 17.7. The van der Waals surface area contributed by atoms with E-state index in [9.17, 15) is 0 Å². The van der Waals surface area contributed by atoms with Crippen LogP contribution in [-0.4, -0.2) is 46.0 Å². The number of nitrogens with zero attached hydrogens (tertiary/aromatic N) is 4. The Kier molecular flexibility index (Phi) is 5.73. The van der Waals surface area contributed by atoms with E-state index in [-0.39, 0.29) is 22.0 Å². The number of rotatable bonds is 5. The molecule has 2 aromatic carbocycles. The minimum atomic E-state index is -0.566. The Bertz CT molecular complexity index is 1280. The minimum absolute atomic E-state index is 0.0374. The van der Waals surface area contributed by atoms with Crippen molar-refractivity contribution in [1.82, 2.24) is 19.9 Å². The second-order valence-electron chi connectivity index (χ2n) is 8.23. The highest BCUT2D eigenvalue weighted by Gasteiger charge is 2.23. The third-order valence-electron chi connectivity index (χ3n) is 5.66. The van der Waals surface area contributed by atoms with Crippen LogP contribution in [0.1, 0.15) is 13.8 Å². The summed E-state index contributed by atoms with van der Waals surface area (Å²) in [4.78, 5) is 14.9. The first-order valence-electron chi connectivity index (χ1n) is 9.80. The number of likely N-dealkylation sites (N-methyl/N-ethyl adjacent to an activating group) is 1. The Morgan fingerprint density at radius 2 is 1.77 bits per heavy atom. The van der Waals surface area contributed by atoms with Gasteiger partial charge in [0.25, 0.3) is 0 Å². The topological polar surface area (TPSA) is 53.9 Å². The molecular weight excluding hydrogens is 436 g/mol. The van der Waals surface area contributed by atoms with Crippen LogP contribution in [0.5, 0.6) is 0 Å². The van der Waals surface area contributed by atoms with Gasteiger partial charge in [0, 0.05) is 34.3 Å². The number of hydrogen-bond donors (Lipinski definition) is 1. The highest BCUT2D eigenvalue weighted by Crippen LogP contribution is 2.36. The summed E-state index contributed by atoms with van der Waals surface area (Å²) in [6.07, 6.45) is 1.57. The molecule has 5 nitrogen and oxygen atoms in total. The summed E-state index contributed by atoms with van der Waals surface area (Å²) < 4.78 is 15.7. The first-order valence-corrected chi connectivity index (χ1v) is 10.6. The molecule has 1 N–H and O–H groups in total. The maximum atomic E-state index is 15.7. The molecule has 0 saturated carbocycles. The van der Waals surface area contributed by atoms with Crippen molar-refractivity contribution in [2.75, 3.05) is 26.0 Å². The smallest absolute Gasteiger partial charge is 0.225 e. The van der Waals surface area contributed by atoms with E-state index in [4.69, 9.17) is 23.2 Å². The Labute approximate surface area is 190 Å². The molecule has 0 bridgehead atoms. The zero-order chi connectivity index (χ0) is 22.3. The van der Waals surface area contributed by atoms with Gasteiger partial charge in [-0.1, -0.05) is 41.9 Å². The van der Waals surface area contributed by atoms with Crippen molar-refractivity contribution in [3.63, 3.8) is 0 Å². The fraction of sp³-hybridized carbons (Fsp3) is 0.261. The number of pyridine rings is 1. The highest BCUT2D eigenvalue weighted by molar-refractivity contribution is 6.36. The fourth-order valence-corrected chi connectivity index (χ4v) is 3.76. The van der Waals surface area contributed by atoms with Crippen molar-refractivity contribution in [3.05, 3.63) is 58.7 Å². The molecular formula is C23H22Cl2FN5. The Hall–Kier alpha value is -2.54. The van der Waals surface area contributed by atoms with E-state index in [2.05, 4.69) is 39.0 Å². The van der Waals surface area contributed by atoms with Crippen molar-refractivity contribution >= 4 is 50.7 Å². The van der Waals surface area contributed by atoms with E-state index >= 15 is 4.39 Å². The van der Waals surface area contributed by atoms with Crippen LogP contribution < -0.4 is 5.32 Å². The number of halogens is 3. The van der Waals surface area contributed by atoms with E-state index in [1.165, 1.54) is 0 Å². The second kappa shape index (κ2) is 8.19. The van der Waals surface area contributed by atoms with E-state index in [0.29, 0.717) is 28.3 Å². The summed E-state index contributed by atoms with van der Waals surface area (Å²) in [7, 11) is 3.99. The van der Waals surface area contributed by atoms with Gasteiger partial charge in [0.15, 0.2) is 5.82 Å². The predicted octanol–water partition coefficient (Wildman–Crippen LogP) is 6.04.